The van der Waals surface area contributed by atoms with Crippen LogP contribution in [0.15, 0.2) is 4.52 Å². The molecule has 5 heteroatoms. The fourth-order valence-electron chi connectivity index (χ4n) is 2.45. The van der Waals surface area contributed by atoms with Crippen molar-refractivity contribution in [2.24, 2.45) is 0 Å². The van der Waals surface area contributed by atoms with Crippen LogP contribution in [0.3, 0.4) is 0 Å². The highest BCUT2D eigenvalue weighted by molar-refractivity contribution is 4.96. The molecule has 1 aliphatic carbocycles. The molecule has 2 rings (SSSR count). The van der Waals surface area contributed by atoms with E-state index in [0.717, 1.165) is 25.3 Å². The summed E-state index contributed by atoms with van der Waals surface area (Å²) in [4.78, 5) is 4.37. The lowest BCUT2D eigenvalue weighted by atomic mass is 9.86. The van der Waals surface area contributed by atoms with Crippen LogP contribution in [0.2, 0.25) is 0 Å². The highest BCUT2D eigenvalue weighted by Gasteiger charge is 2.25. The summed E-state index contributed by atoms with van der Waals surface area (Å²) in [7, 11) is 1.64. The van der Waals surface area contributed by atoms with Gasteiger partial charge in [0.05, 0.1) is 0 Å². The molecule has 1 saturated carbocycles. The van der Waals surface area contributed by atoms with Gasteiger partial charge in [0.2, 0.25) is 5.89 Å². The number of hydrogen-bond acceptors (Lipinski definition) is 5. The van der Waals surface area contributed by atoms with E-state index in [4.69, 9.17) is 9.26 Å². The third-order valence-electron chi connectivity index (χ3n) is 3.33. The van der Waals surface area contributed by atoms with Gasteiger partial charge in [0.1, 0.15) is 6.61 Å². The highest BCUT2D eigenvalue weighted by atomic mass is 16.5. The van der Waals surface area contributed by atoms with Crippen LogP contribution in [0.5, 0.6) is 0 Å². The van der Waals surface area contributed by atoms with Crippen molar-refractivity contribution in [3.63, 3.8) is 0 Å². The summed E-state index contributed by atoms with van der Waals surface area (Å²) in [5.41, 5.74) is 0. The lowest BCUT2D eigenvalue weighted by molar-refractivity contribution is 0.174. The molecule has 0 atom stereocenters. The van der Waals surface area contributed by atoms with E-state index in [0.29, 0.717) is 24.4 Å². The van der Waals surface area contributed by atoms with Gasteiger partial charge >= 0.3 is 0 Å². The van der Waals surface area contributed by atoms with Gasteiger partial charge in [0, 0.05) is 19.1 Å². The second-order valence-corrected chi connectivity index (χ2v) is 4.59. The fourth-order valence-corrected chi connectivity index (χ4v) is 2.45. The first-order valence-electron chi connectivity index (χ1n) is 6.38. The Bertz CT molecular complexity index is 332. The van der Waals surface area contributed by atoms with E-state index >= 15 is 0 Å². The standard InChI is InChI=1S/C12H21N3O2/c1-3-13-10-6-4-9(5-7-10)12-14-11(8-16-2)15-17-12/h9-10,13H,3-8H2,1-2H3. The molecular weight excluding hydrogens is 218 g/mol. The fraction of sp³-hybridized carbons (Fsp3) is 0.833. The maximum atomic E-state index is 5.29. The van der Waals surface area contributed by atoms with E-state index in [1.807, 2.05) is 0 Å². The minimum atomic E-state index is 0.427. The van der Waals surface area contributed by atoms with Gasteiger partial charge in [0.25, 0.3) is 0 Å². The number of aromatic nitrogens is 2. The molecule has 17 heavy (non-hydrogen) atoms. The summed E-state index contributed by atoms with van der Waals surface area (Å²) >= 11 is 0. The van der Waals surface area contributed by atoms with Crippen LogP contribution in [-0.4, -0.2) is 29.8 Å². The first kappa shape index (κ1) is 12.5. The molecule has 0 radical (unpaired) electrons. The average molecular weight is 239 g/mol. The number of nitrogens with zero attached hydrogens (tertiary/aromatic N) is 2. The number of hydrogen-bond donors (Lipinski definition) is 1. The first-order chi connectivity index (χ1) is 8.33. The molecule has 0 aliphatic heterocycles. The summed E-state index contributed by atoms with van der Waals surface area (Å²) in [5, 5.41) is 7.41. The van der Waals surface area contributed by atoms with Crippen LogP contribution in [0.4, 0.5) is 0 Å². The topological polar surface area (TPSA) is 60.2 Å². The normalized spacial score (nSPS) is 25.1. The van der Waals surface area contributed by atoms with Crippen LogP contribution in [0.25, 0.3) is 0 Å². The molecule has 0 unspecified atom stereocenters. The Balaban J connectivity index is 1.86. The minimum absolute atomic E-state index is 0.427. The average Bonchev–Trinajstić information content (AvgIpc) is 2.80. The molecule has 0 amide bonds. The van der Waals surface area contributed by atoms with E-state index in [1.165, 1.54) is 12.8 Å². The molecule has 1 heterocycles. The van der Waals surface area contributed by atoms with Crippen LogP contribution in [0.1, 0.15) is 50.2 Å². The van der Waals surface area contributed by atoms with Crippen molar-refractivity contribution < 1.29 is 9.26 Å². The zero-order chi connectivity index (χ0) is 12.1. The van der Waals surface area contributed by atoms with Gasteiger partial charge in [0.15, 0.2) is 5.82 Å². The van der Waals surface area contributed by atoms with Crippen molar-refractivity contribution in [2.75, 3.05) is 13.7 Å². The quantitative estimate of drug-likeness (QED) is 0.849. The highest BCUT2D eigenvalue weighted by Crippen LogP contribution is 2.31. The van der Waals surface area contributed by atoms with E-state index in [9.17, 15) is 0 Å². The van der Waals surface area contributed by atoms with Gasteiger partial charge in [-0.05, 0) is 32.2 Å². The van der Waals surface area contributed by atoms with Gasteiger partial charge in [-0.15, -0.1) is 0 Å². The van der Waals surface area contributed by atoms with E-state index < -0.39 is 0 Å². The number of ether oxygens (including phenoxy) is 1. The number of nitrogens with one attached hydrogen (secondary N) is 1. The van der Waals surface area contributed by atoms with Gasteiger partial charge < -0.3 is 14.6 Å². The zero-order valence-corrected chi connectivity index (χ0v) is 10.6. The second kappa shape index (κ2) is 6.12. The van der Waals surface area contributed by atoms with Crippen LogP contribution in [-0.2, 0) is 11.3 Å². The Kier molecular flexibility index (Phi) is 4.50. The Morgan fingerprint density at radius 3 is 2.76 bits per heavy atom. The predicted octanol–water partition coefficient (Wildman–Crippen LogP) is 1.85. The van der Waals surface area contributed by atoms with Crippen molar-refractivity contribution in [2.45, 2.75) is 51.2 Å². The summed E-state index contributed by atoms with van der Waals surface area (Å²) in [6.45, 7) is 3.63. The molecule has 1 aliphatic rings. The minimum Gasteiger partial charge on any atom is -0.377 e. The Morgan fingerprint density at radius 2 is 2.12 bits per heavy atom. The molecule has 96 valence electrons. The largest absolute Gasteiger partial charge is 0.377 e. The molecule has 1 aromatic heterocycles. The summed E-state index contributed by atoms with van der Waals surface area (Å²) < 4.78 is 10.3. The molecule has 1 aromatic rings. The molecule has 1 fully saturated rings. The summed E-state index contributed by atoms with van der Waals surface area (Å²) in [5.74, 6) is 1.87. The molecular formula is C12H21N3O2. The molecule has 1 N–H and O–H groups in total. The maximum Gasteiger partial charge on any atom is 0.229 e. The molecule has 0 bridgehead atoms. The maximum absolute atomic E-state index is 5.29. The Hall–Kier alpha value is -0.940. The van der Waals surface area contributed by atoms with Crippen molar-refractivity contribution in [1.82, 2.24) is 15.5 Å². The zero-order valence-electron chi connectivity index (χ0n) is 10.6. The summed E-state index contributed by atoms with van der Waals surface area (Å²) in [6, 6.07) is 0.664. The van der Waals surface area contributed by atoms with Crippen LogP contribution < -0.4 is 5.32 Å². The van der Waals surface area contributed by atoms with Crippen molar-refractivity contribution in [3.8, 4) is 0 Å². The smallest absolute Gasteiger partial charge is 0.229 e. The molecule has 0 spiro atoms. The van der Waals surface area contributed by atoms with Crippen molar-refractivity contribution in [1.29, 1.82) is 0 Å². The Morgan fingerprint density at radius 1 is 1.35 bits per heavy atom. The van der Waals surface area contributed by atoms with Crippen LogP contribution >= 0.6 is 0 Å². The molecule has 0 saturated heterocycles. The van der Waals surface area contributed by atoms with Gasteiger partial charge in [-0.2, -0.15) is 4.98 Å². The second-order valence-electron chi connectivity index (χ2n) is 4.59. The van der Waals surface area contributed by atoms with Crippen molar-refractivity contribution in [3.05, 3.63) is 11.7 Å². The van der Waals surface area contributed by atoms with Gasteiger partial charge in [-0.25, -0.2) is 0 Å². The van der Waals surface area contributed by atoms with Gasteiger partial charge in [-0.1, -0.05) is 12.1 Å². The van der Waals surface area contributed by atoms with Crippen LogP contribution in [0, 0.1) is 0 Å². The van der Waals surface area contributed by atoms with Gasteiger partial charge in [-0.3, -0.25) is 0 Å². The molecule has 5 nitrogen and oxygen atoms in total. The van der Waals surface area contributed by atoms with E-state index in [-0.39, 0.29) is 0 Å². The van der Waals surface area contributed by atoms with E-state index in [1.54, 1.807) is 7.11 Å². The molecule has 0 aromatic carbocycles. The Labute approximate surface area is 102 Å². The number of rotatable bonds is 5. The lowest BCUT2D eigenvalue weighted by Crippen LogP contribution is -2.32. The SMILES string of the molecule is CCNC1CCC(c2nc(COC)no2)CC1. The van der Waals surface area contributed by atoms with E-state index in [2.05, 4.69) is 22.4 Å². The predicted molar refractivity (Wildman–Crippen MR) is 63.7 cm³/mol. The first-order valence-corrected chi connectivity index (χ1v) is 6.38. The lowest BCUT2D eigenvalue weighted by Gasteiger charge is -2.26. The third kappa shape index (κ3) is 3.26. The monoisotopic (exact) mass is 239 g/mol. The van der Waals surface area contributed by atoms with Crippen molar-refractivity contribution >= 4 is 0 Å². The number of methoxy groups -OCH3 is 1. The third-order valence-corrected chi connectivity index (χ3v) is 3.33. The summed E-state index contributed by atoms with van der Waals surface area (Å²) in [6.07, 6.45) is 4.65.